The van der Waals surface area contributed by atoms with Gasteiger partial charge in [-0.2, -0.15) is 5.10 Å². The van der Waals surface area contributed by atoms with E-state index in [-0.39, 0.29) is 0 Å². The van der Waals surface area contributed by atoms with Crippen LogP contribution in [0.15, 0.2) is 48.5 Å². The maximum absolute atomic E-state index is 6.54. The molecule has 34 heavy (non-hydrogen) atoms. The molecule has 182 valence electrons. The lowest BCUT2D eigenvalue weighted by molar-refractivity contribution is 0.203. The first-order chi connectivity index (χ1) is 16.4. The Morgan fingerprint density at radius 1 is 1.00 bits per heavy atom. The van der Waals surface area contributed by atoms with Crippen molar-refractivity contribution in [2.45, 2.75) is 53.2 Å². The van der Waals surface area contributed by atoms with E-state index in [0.29, 0.717) is 6.04 Å². The minimum atomic E-state index is 0.378. The minimum Gasteiger partial charge on any atom is -0.354 e. The maximum atomic E-state index is 6.54. The van der Waals surface area contributed by atoms with Crippen LogP contribution in [0, 0.1) is 6.92 Å². The van der Waals surface area contributed by atoms with Gasteiger partial charge in [0.1, 0.15) is 5.82 Å². The highest BCUT2D eigenvalue weighted by molar-refractivity contribution is 6.31. The zero-order chi connectivity index (χ0) is 24.2. The molecule has 5 nitrogen and oxygen atoms in total. The predicted octanol–water partition coefficient (Wildman–Crippen LogP) is 5.56. The van der Waals surface area contributed by atoms with Gasteiger partial charge in [0.05, 0.1) is 11.4 Å². The van der Waals surface area contributed by atoms with Crippen molar-refractivity contribution in [3.8, 4) is 5.69 Å². The number of benzene rings is 2. The summed E-state index contributed by atoms with van der Waals surface area (Å²) in [4.78, 5) is 7.46. The highest BCUT2D eigenvalue weighted by Crippen LogP contribution is 2.32. The van der Waals surface area contributed by atoms with Gasteiger partial charge in [0, 0.05) is 55.9 Å². The van der Waals surface area contributed by atoms with Gasteiger partial charge in [-0.25, -0.2) is 4.68 Å². The van der Waals surface area contributed by atoms with Crippen LogP contribution in [0.25, 0.3) is 5.69 Å². The minimum absolute atomic E-state index is 0.378. The van der Waals surface area contributed by atoms with Gasteiger partial charge >= 0.3 is 0 Å². The fraction of sp³-hybridized carbons (Fsp3) is 0.464. The third-order valence-electron chi connectivity index (χ3n) is 6.85. The molecule has 0 amide bonds. The molecule has 1 aromatic heterocycles. The van der Waals surface area contributed by atoms with Crippen molar-refractivity contribution < 1.29 is 0 Å². The molecule has 6 heteroatoms. The molecule has 0 bridgehead atoms. The summed E-state index contributed by atoms with van der Waals surface area (Å²) in [7, 11) is 2.21. The van der Waals surface area contributed by atoms with Crippen molar-refractivity contribution >= 4 is 17.4 Å². The third-order valence-corrected chi connectivity index (χ3v) is 7.22. The molecule has 0 unspecified atom stereocenters. The molecule has 2 heterocycles. The molecule has 2 aromatic carbocycles. The number of aromatic nitrogens is 2. The van der Waals surface area contributed by atoms with Crippen molar-refractivity contribution in [1.29, 1.82) is 0 Å². The van der Waals surface area contributed by atoms with E-state index in [4.69, 9.17) is 16.7 Å². The molecule has 0 atom stereocenters. The molecule has 0 spiro atoms. The lowest BCUT2D eigenvalue weighted by Crippen LogP contribution is -2.45. The normalized spacial score (nSPS) is 15.0. The van der Waals surface area contributed by atoms with Crippen molar-refractivity contribution in [2.24, 2.45) is 0 Å². The van der Waals surface area contributed by atoms with Crippen molar-refractivity contribution in [3.05, 3.63) is 75.9 Å². The highest BCUT2D eigenvalue weighted by Gasteiger charge is 2.27. The van der Waals surface area contributed by atoms with E-state index in [0.717, 1.165) is 56.4 Å². The number of hydrogen-bond donors (Lipinski definition) is 0. The number of likely N-dealkylation sites (N-methyl/N-ethyl adjacent to an activating group) is 1. The topological polar surface area (TPSA) is 27.5 Å². The van der Waals surface area contributed by atoms with Crippen LogP contribution in [0.4, 0.5) is 5.82 Å². The Hall–Kier alpha value is -2.34. The summed E-state index contributed by atoms with van der Waals surface area (Å²) >= 11 is 6.54. The largest absolute Gasteiger partial charge is 0.354 e. The summed E-state index contributed by atoms with van der Waals surface area (Å²) in [6, 6.07) is 17.3. The Labute approximate surface area is 209 Å². The van der Waals surface area contributed by atoms with E-state index in [2.05, 4.69) is 90.5 Å². The summed E-state index contributed by atoms with van der Waals surface area (Å²) in [6.45, 7) is 14.7. The lowest BCUT2D eigenvalue weighted by atomic mass is 10.1. The number of anilines is 1. The molecule has 0 radical (unpaired) electrons. The number of rotatable bonds is 8. The van der Waals surface area contributed by atoms with E-state index in [1.165, 1.54) is 28.2 Å². The molecule has 0 saturated carbocycles. The van der Waals surface area contributed by atoms with E-state index in [9.17, 15) is 0 Å². The van der Waals surface area contributed by atoms with Crippen molar-refractivity contribution in [2.75, 3.05) is 38.1 Å². The Balaban J connectivity index is 1.77. The molecule has 1 fully saturated rings. The van der Waals surface area contributed by atoms with Gasteiger partial charge in [0.2, 0.25) is 0 Å². The molecule has 1 saturated heterocycles. The molecule has 4 rings (SSSR count). The second-order valence-corrected chi connectivity index (χ2v) is 10.1. The Morgan fingerprint density at radius 2 is 1.74 bits per heavy atom. The average molecular weight is 480 g/mol. The molecule has 0 N–H and O–H groups in total. The second kappa shape index (κ2) is 10.9. The predicted molar refractivity (Wildman–Crippen MR) is 143 cm³/mol. The van der Waals surface area contributed by atoms with Crippen LogP contribution in [0.5, 0.6) is 0 Å². The van der Waals surface area contributed by atoms with Crippen LogP contribution in [0.1, 0.15) is 43.2 Å². The summed E-state index contributed by atoms with van der Waals surface area (Å²) in [5, 5.41) is 6.01. The van der Waals surface area contributed by atoms with Gasteiger partial charge in [-0.15, -0.1) is 0 Å². The number of piperazine rings is 1. The summed E-state index contributed by atoms with van der Waals surface area (Å²) in [5.41, 5.74) is 6.08. The third kappa shape index (κ3) is 5.48. The fourth-order valence-electron chi connectivity index (χ4n) is 4.68. The molecule has 3 aromatic rings. The zero-order valence-corrected chi connectivity index (χ0v) is 22.0. The fourth-order valence-corrected chi connectivity index (χ4v) is 4.88. The zero-order valence-electron chi connectivity index (χ0n) is 21.3. The number of hydrogen-bond acceptors (Lipinski definition) is 4. The van der Waals surface area contributed by atoms with Gasteiger partial charge in [0.15, 0.2) is 0 Å². The SMILES string of the molecule is CCc1nn(-c2cccc(C)c2)c(N2CCN(C)CC2)c1CN(Cc1ccccc1Cl)C(C)C. The van der Waals surface area contributed by atoms with Crippen molar-refractivity contribution in [3.63, 3.8) is 0 Å². The first kappa shape index (κ1) is 24.8. The van der Waals surface area contributed by atoms with Gasteiger partial charge < -0.3 is 9.80 Å². The van der Waals surface area contributed by atoms with E-state index in [1.54, 1.807) is 0 Å². The van der Waals surface area contributed by atoms with Gasteiger partial charge in [-0.1, -0.05) is 48.9 Å². The molecule has 0 aliphatic carbocycles. The highest BCUT2D eigenvalue weighted by atomic mass is 35.5. The van der Waals surface area contributed by atoms with E-state index >= 15 is 0 Å². The summed E-state index contributed by atoms with van der Waals surface area (Å²) < 4.78 is 2.19. The van der Waals surface area contributed by atoms with Crippen LogP contribution >= 0.6 is 11.6 Å². The Kier molecular flexibility index (Phi) is 7.97. The number of aryl methyl sites for hydroxylation is 2. The summed E-state index contributed by atoms with van der Waals surface area (Å²) in [6.07, 6.45) is 0.910. The molecule has 1 aliphatic heterocycles. The smallest absolute Gasteiger partial charge is 0.137 e. The number of halogens is 1. The first-order valence-corrected chi connectivity index (χ1v) is 12.8. The molecular weight excluding hydrogens is 442 g/mol. The monoisotopic (exact) mass is 479 g/mol. The van der Waals surface area contributed by atoms with Crippen LogP contribution < -0.4 is 4.90 Å². The number of nitrogens with zero attached hydrogens (tertiary/aromatic N) is 5. The Morgan fingerprint density at radius 3 is 2.38 bits per heavy atom. The summed E-state index contributed by atoms with van der Waals surface area (Å²) in [5.74, 6) is 1.25. The van der Waals surface area contributed by atoms with Crippen molar-refractivity contribution in [1.82, 2.24) is 19.6 Å². The van der Waals surface area contributed by atoms with E-state index in [1.807, 2.05) is 12.1 Å². The lowest BCUT2D eigenvalue weighted by Gasteiger charge is -2.35. The van der Waals surface area contributed by atoms with Gasteiger partial charge in [0.25, 0.3) is 0 Å². The van der Waals surface area contributed by atoms with Gasteiger partial charge in [-0.05, 0) is 63.6 Å². The average Bonchev–Trinajstić information content (AvgIpc) is 3.18. The van der Waals surface area contributed by atoms with Crippen LogP contribution in [0.3, 0.4) is 0 Å². The quantitative estimate of drug-likeness (QED) is 0.422. The van der Waals surface area contributed by atoms with E-state index < -0.39 is 0 Å². The van der Waals surface area contributed by atoms with Gasteiger partial charge in [-0.3, -0.25) is 4.90 Å². The standard InChI is InChI=1S/C28H38ClN5/c1-6-27-25(20-33(21(2)3)19-23-11-7-8-13-26(23)29)28(32-16-14-31(5)15-17-32)34(30-27)24-12-9-10-22(4)18-24/h7-13,18,21H,6,14-17,19-20H2,1-5H3. The Bertz CT molecular complexity index is 1100. The molecular formula is C28H38ClN5. The maximum Gasteiger partial charge on any atom is 0.137 e. The van der Waals surface area contributed by atoms with Crippen LogP contribution in [0.2, 0.25) is 5.02 Å². The van der Waals surface area contributed by atoms with Crippen LogP contribution in [-0.2, 0) is 19.5 Å². The van der Waals surface area contributed by atoms with Crippen LogP contribution in [-0.4, -0.2) is 58.8 Å². The first-order valence-electron chi connectivity index (χ1n) is 12.5. The molecule has 1 aliphatic rings. The second-order valence-electron chi connectivity index (χ2n) is 9.73.